The zero-order valence-corrected chi connectivity index (χ0v) is 16.1. The first-order valence-electron chi connectivity index (χ1n) is 5.23. The Labute approximate surface area is 113 Å². The van der Waals surface area contributed by atoms with Crippen molar-refractivity contribution in [3.05, 3.63) is 0 Å². The van der Waals surface area contributed by atoms with Crippen molar-refractivity contribution < 1.29 is 12.8 Å². The second kappa shape index (κ2) is 6.73. The van der Waals surface area contributed by atoms with Crippen molar-refractivity contribution in [1.82, 2.24) is 0 Å². The Balaban J connectivity index is 0.000000336. The molecule has 0 aromatic carbocycles. The molecule has 0 saturated heterocycles. The van der Waals surface area contributed by atoms with Gasteiger partial charge in [-0.05, 0) is 29.6 Å². The van der Waals surface area contributed by atoms with E-state index in [2.05, 4.69) is 34.6 Å². The van der Waals surface area contributed by atoms with Crippen LogP contribution in [0.1, 0.15) is 34.6 Å². The molecule has 93 valence electrons. The van der Waals surface area contributed by atoms with Crippen LogP contribution < -0.4 is 0 Å². The van der Waals surface area contributed by atoms with E-state index in [4.69, 9.17) is 36.8 Å². The molecule has 15 heavy (non-hydrogen) atoms. The van der Waals surface area contributed by atoms with E-state index in [1.54, 1.807) is 0 Å². The summed E-state index contributed by atoms with van der Waals surface area (Å²) in [6, 6.07) is 0. The Morgan fingerprint density at radius 3 is 0.667 bits per heavy atom. The first-order valence-corrected chi connectivity index (χ1v) is 21.2. The van der Waals surface area contributed by atoms with Crippen molar-refractivity contribution in [3.8, 4) is 0 Å². The van der Waals surface area contributed by atoms with E-state index in [1.165, 1.54) is 0 Å². The third kappa shape index (κ3) is 6.41. The maximum absolute atomic E-state index is 5.04. The van der Waals surface area contributed by atoms with Gasteiger partial charge < -0.3 is 0 Å². The van der Waals surface area contributed by atoms with Crippen LogP contribution in [0.15, 0.2) is 0 Å². The Bertz CT molecular complexity index is 142. The van der Waals surface area contributed by atoms with E-state index < -0.39 is 12.8 Å². The van der Waals surface area contributed by atoms with Crippen molar-refractivity contribution >= 4 is 36.8 Å². The normalized spacial score (nSPS) is 41.0. The average Bonchev–Trinajstić information content (AvgIpc) is 2.21. The van der Waals surface area contributed by atoms with E-state index in [-0.39, 0.29) is 0 Å². The second-order valence-electron chi connectivity index (χ2n) is 4.68. The third-order valence-corrected chi connectivity index (χ3v) is 4.15. The van der Waals surface area contributed by atoms with Crippen molar-refractivity contribution in [3.63, 3.8) is 0 Å². The Morgan fingerprint density at radius 1 is 0.533 bits per heavy atom. The molecule has 0 aromatic heterocycles. The zero-order chi connectivity index (χ0) is 12.4. The fourth-order valence-electron chi connectivity index (χ4n) is 2.39. The summed E-state index contributed by atoms with van der Waals surface area (Å²) in [5, 5.41) is 0. The van der Waals surface area contributed by atoms with Crippen molar-refractivity contribution in [2.75, 3.05) is 0 Å². The summed E-state index contributed by atoms with van der Waals surface area (Å²) in [6.07, 6.45) is 0. The van der Waals surface area contributed by atoms with Gasteiger partial charge in [0.2, 0.25) is 0 Å². The third-order valence-electron chi connectivity index (χ3n) is 4.15. The van der Waals surface area contributed by atoms with Crippen molar-refractivity contribution in [2.45, 2.75) is 34.6 Å². The molecule has 0 unspecified atom stereocenters. The van der Waals surface area contributed by atoms with Gasteiger partial charge in [0.1, 0.15) is 0 Å². The van der Waals surface area contributed by atoms with Crippen LogP contribution in [0.25, 0.3) is 0 Å². The molecular weight excluding hydrogens is 443 g/mol. The van der Waals surface area contributed by atoms with E-state index >= 15 is 0 Å². The second-order valence-corrected chi connectivity index (χ2v) is 32.5. The molecule has 1 aliphatic carbocycles. The molecule has 1 aliphatic rings. The molecule has 5 heteroatoms. The van der Waals surface area contributed by atoms with Gasteiger partial charge in [-0.15, -0.1) is 0 Å². The van der Waals surface area contributed by atoms with Gasteiger partial charge >= 0.3 is 49.6 Å². The van der Waals surface area contributed by atoms with Crippen LogP contribution in [0, 0.1) is 29.6 Å². The maximum atomic E-state index is 5.04. The van der Waals surface area contributed by atoms with Gasteiger partial charge in [0.15, 0.2) is 0 Å². The van der Waals surface area contributed by atoms with Gasteiger partial charge in [-0.2, -0.15) is 0 Å². The number of rotatable bonds is 0. The fraction of sp³-hybridized carbons (Fsp3) is 1.00. The number of hydrogen-bond acceptors (Lipinski definition) is 0. The number of hydrogen-bond donors (Lipinski definition) is 0. The molecule has 0 spiro atoms. The molecule has 0 heterocycles. The summed E-state index contributed by atoms with van der Waals surface area (Å²) in [7, 11) is 20.2. The predicted molar refractivity (Wildman–Crippen MR) is 69.2 cm³/mol. The van der Waals surface area contributed by atoms with Crippen LogP contribution in [0.4, 0.5) is 0 Å². The quantitative estimate of drug-likeness (QED) is 0.418. The van der Waals surface area contributed by atoms with Crippen LogP contribution in [-0.4, -0.2) is 0 Å². The van der Waals surface area contributed by atoms with E-state index in [0.717, 1.165) is 29.6 Å². The van der Waals surface area contributed by atoms with E-state index in [0.29, 0.717) is 0 Å². The van der Waals surface area contributed by atoms with Crippen LogP contribution in [0.5, 0.6) is 0 Å². The molecule has 0 aliphatic heterocycles. The summed E-state index contributed by atoms with van der Waals surface area (Å²) in [5.74, 6) is 4.68. The molecule has 0 amide bonds. The molecule has 1 fully saturated rings. The van der Waals surface area contributed by atoms with Gasteiger partial charge in [0.25, 0.3) is 0 Å². The van der Waals surface area contributed by atoms with Gasteiger partial charge in [-0.3, -0.25) is 0 Å². The average molecular weight is 463 g/mol. The molecule has 0 N–H and O–H groups in total. The summed E-state index contributed by atoms with van der Waals surface area (Å²) in [6.45, 7) is 12.0. The van der Waals surface area contributed by atoms with Crippen molar-refractivity contribution in [1.29, 1.82) is 0 Å². The summed E-state index contributed by atoms with van der Waals surface area (Å²) in [5.41, 5.74) is 0. The molecule has 0 nitrogen and oxygen atoms in total. The van der Waals surface area contributed by atoms with Crippen LogP contribution in [0.2, 0.25) is 0 Å². The first-order chi connectivity index (χ1) is 6.55. The Kier molecular flexibility index (Phi) is 7.58. The Hall–Kier alpha value is 1.90. The molecule has 0 atom stereocenters. The fourth-order valence-corrected chi connectivity index (χ4v) is 2.39. The summed E-state index contributed by atoms with van der Waals surface area (Å²) < 4.78 is 0. The SMILES string of the molecule is CC1C(C)C(C)C(C)C1C.[Cl][Ta]([Cl])([Cl])[Cl]. The van der Waals surface area contributed by atoms with Crippen LogP contribution in [-0.2, 0) is 12.8 Å². The first kappa shape index (κ1) is 16.9. The predicted octanol–water partition coefficient (Wildman–Crippen LogP) is 5.94. The molecule has 0 bridgehead atoms. The zero-order valence-electron chi connectivity index (χ0n) is 9.85. The van der Waals surface area contributed by atoms with Crippen LogP contribution in [0.3, 0.4) is 0 Å². The van der Waals surface area contributed by atoms with E-state index in [9.17, 15) is 0 Å². The topological polar surface area (TPSA) is 0 Å². The minimum absolute atomic E-state index is 0.935. The molecular formula is C10H20Cl4Ta. The van der Waals surface area contributed by atoms with Gasteiger partial charge in [0.05, 0.1) is 0 Å². The minimum atomic E-state index is -3.33. The summed E-state index contributed by atoms with van der Waals surface area (Å²) >= 11 is -3.33. The molecule has 1 saturated carbocycles. The molecule has 1 rings (SSSR count). The van der Waals surface area contributed by atoms with E-state index in [1.807, 2.05) is 0 Å². The van der Waals surface area contributed by atoms with Gasteiger partial charge in [-0.25, -0.2) is 0 Å². The molecule has 0 aromatic rings. The Morgan fingerprint density at radius 2 is 0.600 bits per heavy atom. The van der Waals surface area contributed by atoms with Crippen molar-refractivity contribution in [2.24, 2.45) is 29.6 Å². The summed E-state index contributed by atoms with van der Waals surface area (Å²) in [4.78, 5) is 0. The van der Waals surface area contributed by atoms with Crippen LogP contribution >= 0.6 is 36.8 Å². The molecule has 0 radical (unpaired) electrons. The monoisotopic (exact) mass is 461 g/mol. The van der Waals surface area contributed by atoms with Gasteiger partial charge in [-0.1, -0.05) is 34.6 Å². The standard InChI is InChI=1S/C10H20.4ClH.Ta/c1-6-7(2)9(4)10(5)8(6)3;;;;;/h6-10H,1-5H3;4*1H;/q;;;;;+4/p-4. The number of halogens is 4. The van der Waals surface area contributed by atoms with Gasteiger partial charge in [0, 0.05) is 0 Å².